The van der Waals surface area contributed by atoms with Crippen molar-refractivity contribution < 1.29 is 33.3 Å². The van der Waals surface area contributed by atoms with Gasteiger partial charge in [-0.2, -0.15) is 0 Å². The average Bonchev–Trinajstić information content (AvgIpc) is 2.70. The van der Waals surface area contributed by atoms with E-state index in [9.17, 15) is 14.4 Å². The molecule has 0 aromatic heterocycles. The second kappa shape index (κ2) is 9.20. The number of carbonyl (C=O) groups is 3. The minimum absolute atomic E-state index is 0.0432. The first kappa shape index (κ1) is 21.9. The van der Waals surface area contributed by atoms with Crippen molar-refractivity contribution in [1.82, 2.24) is 0 Å². The van der Waals surface area contributed by atoms with E-state index in [1.54, 1.807) is 0 Å². The minimum Gasteiger partial charge on any atom is -0.495 e. The lowest BCUT2D eigenvalue weighted by Crippen LogP contribution is -2.13. The number of hydrogen-bond donors (Lipinski definition) is 0. The molecule has 2 rings (SSSR count). The van der Waals surface area contributed by atoms with Gasteiger partial charge in [0, 0.05) is 8.95 Å². The third-order valence-electron chi connectivity index (χ3n) is 3.82. The van der Waals surface area contributed by atoms with Gasteiger partial charge < -0.3 is 18.9 Å². The van der Waals surface area contributed by atoms with Crippen molar-refractivity contribution in [3.05, 3.63) is 55.5 Å². The van der Waals surface area contributed by atoms with Crippen LogP contribution in [0.3, 0.4) is 0 Å². The highest BCUT2D eigenvalue weighted by Crippen LogP contribution is 2.35. The SMILES string of the molecule is COC(=O)c1cc(Br)cc(C(=O)c2cc(Br)cc(C(=O)OC)c2OC)c1OC. The van der Waals surface area contributed by atoms with E-state index in [1.165, 1.54) is 52.7 Å². The molecule has 0 bridgehead atoms. The Hall–Kier alpha value is -2.39. The molecule has 0 radical (unpaired) electrons. The molecular weight excluding hydrogens is 500 g/mol. The number of ketones is 1. The van der Waals surface area contributed by atoms with E-state index in [0.717, 1.165) is 0 Å². The molecule has 2 aromatic rings. The maximum absolute atomic E-state index is 13.3. The maximum atomic E-state index is 13.3. The predicted octanol–water partition coefficient (Wildman–Crippen LogP) is 4.03. The molecule has 0 fully saturated rings. The van der Waals surface area contributed by atoms with Gasteiger partial charge in [0.2, 0.25) is 5.78 Å². The van der Waals surface area contributed by atoms with Crippen molar-refractivity contribution in [3.63, 3.8) is 0 Å². The van der Waals surface area contributed by atoms with Crippen molar-refractivity contribution in [1.29, 1.82) is 0 Å². The van der Waals surface area contributed by atoms with Crippen LogP contribution >= 0.6 is 31.9 Å². The van der Waals surface area contributed by atoms with Crippen LogP contribution in [0.4, 0.5) is 0 Å². The fourth-order valence-corrected chi connectivity index (χ4v) is 3.55. The lowest BCUT2D eigenvalue weighted by molar-refractivity contribution is 0.0588. The number of halogens is 2. The Labute approximate surface area is 178 Å². The van der Waals surface area contributed by atoms with E-state index in [2.05, 4.69) is 31.9 Å². The summed E-state index contributed by atoms with van der Waals surface area (Å²) in [6.07, 6.45) is 0. The normalized spacial score (nSPS) is 10.2. The van der Waals surface area contributed by atoms with Crippen LogP contribution in [0.5, 0.6) is 11.5 Å². The van der Waals surface area contributed by atoms with Gasteiger partial charge in [-0.05, 0) is 24.3 Å². The van der Waals surface area contributed by atoms with Gasteiger partial charge in [0.05, 0.1) is 39.6 Å². The largest absolute Gasteiger partial charge is 0.495 e. The summed E-state index contributed by atoms with van der Waals surface area (Å²) in [5.41, 5.74) is 0.323. The standard InChI is InChI=1S/C19H16Br2O7/c1-25-16-11(5-9(20)7-13(16)18(23)27-3)15(22)12-6-10(21)8-14(17(12)26-2)19(24)28-4/h5-8H,1-4H3. The van der Waals surface area contributed by atoms with Gasteiger partial charge in [0.25, 0.3) is 0 Å². The van der Waals surface area contributed by atoms with E-state index in [0.29, 0.717) is 8.95 Å². The number of ether oxygens (including phenoxy) is 4. The molecule has 0 aliphatic carbocycles. The summed E-state index contributed by atoms with van der Waals surface area (Å²) in [6.45, 7) is 0. The van der Waals surface area contributed by atoms with Crippen LogP contribution in [0, 0.1) is 0 Å². The number of carbonyl (C=O) groups excluding carboxylic acids is 3. The number of rotatable bonds is 6. The molecule has 0 amide bonds. The molecule has 2 aromatic carbocycles. The number of benzene rings is 2. The summed E-state index contributed by atoms with van der Waals surface area (Å²) in [6, 6.07) is 5.98. The van der Waals surface area contributed by atoms with E-state index < -0.39 is 17.7 Å². The second-order valence-corrected chi connectivity index (χ2v) is 7.21. The van der Waals surface area contributed by atoms with Gasteiger partial charge in [-0.3, -0.25) is 4.79 Å². The first-order chi connectivity index (χ1) is 13.3. The Morgan fingerprint density at radius 1 is 0.643 bits per heavy atom. The van der Waals surface area contributed by atoms with Crippen LogP contribution in [0.2, 0.25) is 0 Å². The number of esters is 2. The quantitative estimate of drug-likeness (QED) is 0.424. The Kier molecular flexibility index (Phi) is 7.20. The van der Waals surface area contributed by atoms with Gasteiger partial charge >= 0.3 is 11.9 Å². The van der Waals surface area contributed by atoms with Crippen molar-refractivity contribution in [2.24, 2.45) is 0 Å². The summed E-state index contributed by atoms with van der Waals surface area (Å²) in [5.74, 6) is -1.76. The zero-order valence-corrected chi connectivity index (χ0v) is 18.6. The van der Waals surface area contributed by atoms with Gasteiger partial charge in [0.1, 0.15) is 22.6 Å². The van der Waals surface area contributed by atoms with Crippen molar-refractivity contribution >= 4 is 49.6 Å². The zero-order chi connectivity index (χ0) is 21.0. The maximum Gasteiger partial charge on any atom is 0.341 e. The first-order valence-electron chi connectivity index (χ1n) is 7.75. The highest BCUT2D eigenvalue weighted by atomic mass is 79.9. The number of methoxy groups -OCH3 is 4. The molecule has 28 heavy (non-hydrogen) atoms. The molecule has 9 heteroatoms. The van der Waals surface area contributed by atoms with E-state index in [-0.39, 0.29) is 33.8 Å². The molecule has 7 nitrogen and oxygen atoms in total. The summed E-state index contributed by atoms with van der Waals surface area (Å²) in [4.78, 5) is 37.5. The molecule has 0 spiro atoms. The van der Waals surface area contributed by atoms with E-state index in [1.807, 2.05) is 0 Å². The third kappa shape index (κ3) is 4.20. The minimum atomic E-state index is -0.663. The monoisotopic (exact) mass is 514 g/mol. The van der Waals surface area contributed by atoms with Crippen molar-refractivity contribution in [2.45, 2.75) is 0 Å². The average molecular weight is 516 g/mol. The molecule has 0 heterocycles. The summed E-state index contributed by atoms with van der Waals surface area (Å²) >= 11 is 6.57. The summed E-state index contributed by atoms with van der Waals surface area (Å²) in [7, 11) is 5.13. The third-order valence-corrected chi connectivity index (χ3v) is 4.73. The zero-order valence-electron chi connectivity index (χ0n) is 15.4. The Bertz CT molecular complexity index is 878. The highest BCUT2D eigenvalue weighted by molar-refractivity contribution is 9.10. The van der Waals surface area contributed by atoms with Crippen LogP contribution in [-0.4, -0.2) is 46.2 Å². The molecule has 0 atom stereocenters. The molecule has 0 aliphatic heterocycles. The highest BCUT2D eigenvalue weighted by Gasteiger charge is 2.27. The Balaban J connectivity index is 2.77. The molecule has 148 valence electrons. The fraction of sp³-hybridized carbons (Fsp3) is 0.211. The second-order valence-electron chi connectivity index (χ2n) is 5.38. The van der Waals surface area contributed by atoms with Crippen LogP contribution in [0.1, 0.15) is 36.6 Å². The lowest BCUT2D eigenvalue weighted by atomic mass is 9.97. The Morgan fingerprint density at radius 3 is 1.25 bits per heavy atom. The van der Waals surface area contributed by atoms with Gasteiger partial charge in [0.15, 0.2) is 0 Å². The predicted molar refractivity (Wildman–Crippen MR) is 107 cm³/mol. The van der Waals surface area contributed by atoms with Gasteiger partial charge in [-0.15, -0.1) is 0 Å². The lowest BCUT2D eigenvalue weighted by Gasteiger charge is -2.16. The van der Waals surface area contributed by atoms with Crippen molar-refractivity contribution in [3.8, 4) is 11.5 Å². The molecule has 0 saturated carbocycles. The van der Waals surface area contributed by atoms with Gasteiger partial charge in [-0.25, -0.2) is 9.59 Å². The Morgan fingerprint density at radius 2 is 0.964 bits per heavy atom. The topological polar surface area (TPSA) is 88.1 Å². The van der Waals surface area contributed by atoms with Crippen LogP contribution in [-0.2, 0) is 9.47 Å². The van der Waals surface area contributed by atoms with Gasteiger partial charge in [-0.1, -0.05) is 31.9 Å². The summed E-state index contributed by atoms with van der Waals surface area (Å²) < 4.78 is 21.1. The van der Waals surface area contributed by atoms with Crippen LogP contribution < -0.4 is 9.47 Å². The van der Waals surface area contributed by atoms with E-state index in [4.69, 9.17) is 18.9 Å². The van der Waals surface area contributed by atoms with E-state index >= 15 is 0 Å². The number of hydrogen-bond acceptors (Lipinski definition) is 7. The van der Waals surface area contributed by atoms with Crippen LogP contribution in [0.15, 0.2) is 33.2 Å². The molecular formula is C19H16Br2O7. The molecule has 0 aliphatic rings. The van der Waals surface area contributed by atoms with Crippen LogP contribution in [0.25, 0.3) is 0 Å². The summed E-state index contributed by atoms with van der Waals surface area (Å²) in [5, 5.41) is 0. The molecule has 0 saturated heterocycles. The fourth-order valence-electron chi connectivity index (χ4n) is 2.63. The van der Waals surface area contributed by atoms with Crippen molar-refractivity contribution in [2.75, 3.05) is 28.4 Å². The first-order valence-corrected chi connectivity index (χ1v) is 9.34. The molecule has 0 N–H and O–H groups in total. The molecule has 0 unspecified atom stereocenters. The smallest absolute Gasteiger partial charge is 0.341 e.